The minimum Gasteiger partial charge on any atom is -0.481 e. The zero-order valence-corrected chi connectivity index (χ0v) is 18.4. The number of anilines is 1. The SMILES string of the molecule is COc1ccc(-c2ccc3ncnc(N[C@H]4CCN(C(=O)Cc5ccccc5)C4)c3c2)cn1. The van der Waals surface area contributed by atoms with Crippen LogP contribution in [-0.4, -0.2) is 52.0 Å². The highest BCUT2D eigenvalue weighted by atomic mass is 16.5. The lowest BCUT2D eigenvalue weighted by Gasteiger charge is -2.18. The Kier molecular flexibility index (Phi) is 5.85. The molecule has 1 fully saturated rings. The molecule has 7 heteroatoms. The second-order valence-electron chi connectivity index (χ2n) is 8.18. The van der Waals surface area contributed by atoms with Gasteiger partial charge in [-0.2, -0.15) is 0 Å². The summed E-state index contributed by atoms with van der Waals surface area (Å²) in [6.07, 6.45) is 4.69. The van der Waals surface area contributed by atoms with Crippen molar-refractivity contribution in [1.29, 1.82) is 0 Å². The number of amides is 1. The van der Waals surface area contributed by atoms with Gasteiger partial charge in [0, 0.05) is 42.3 Å². The Bertz CT molecular complexity index is 1260. The Hall–Kier alpha value is -4.00. The Morgan fingerprint density at radius 1 is 1.06 bits per heavy atom. The largest absolute Gasteiger partial charge is 0.481 e. The lowest BCUT2D eigenvalue weighted by atomic mass is 10.0. The highest BCUT2D eigenvalue weighted by Gasteiger charge is 2.26. The smallest absolute Gasteiger partial charge is 0.227 e. The lowest BCUT2D eigenvalue weighted by molar-refractivity contribution is -0.129. The normalized spacial score (nSPS) is 15.5. The van der Waals surface area contributed by atoms with E-state index in [9.17, 15) is 4.79 Å². The molecule has 0 aliphatic carbocycles. The summed E-state index contributed by atoms with van der Waals surface area (Å²) in [5.41, 5.74) is 3.93. The molecule has 0 unspecified atom stereocenters. The molecule has 1 atom stereocenters. The fourth-order valence-electron chi connectivity index (χ4n) is 4.20. The van der Waals surface area contributed by atoms with E-state index in [-0.39, 0.29) is 11.9 Å². The van der Waals surface area contributed by atoms with Crippen LogP contribution in [0.5, 0.6) is 5.88 Å². The fraction of sp³-hybridized carbons (Fsp3) is 0.231. The van der Waals surface area contributed by atoms with E-state index in [1.54, 1.807) is 19.6 Å². The van der Waals surface area contributed by atoms with Crippen LogP contribution in [0.25, 0.3) is 22.0 Å². The number of pyridine rings is 1. The van der Waals surface area contributed by atoms with Crippen LogP contribution in [0, 0.1) is 0 Å². The number of likely N-dealkylation sites (tertiary alicyclic amines) is 1. The van der Waals surface area contributed by atoms with Crippen molar-refractivity contribution >= 4 is 22.6 Å². The van der Waals surface area contributed by atoms with Crippen molar-refractivity contribution in [3.8, 4) is 17.0 Å². The molecule has 1 N–H and O–H groups in total. The molecule has 33 heavy (non-hydrogen) atoms. The third kappa shape index (κ3) is 4.62. The van der Waals surface area contributed by atoms with E-state index in [4.69, 9.17) is 4.74 Å². The van der Waals surface area contributed by atoms with Gasteiger partial charge in [-0.25, -0.2) is 15.0 Å². The summed E-state index contributed by atoms with van der Waals surface area (Å²) in [6, 6.07) is 20.0. The van der Waals surface area contributed by atoms with E-state index in [0.717, 1.165) is 46.4 Å². The Balaban J connectivity index is 1.32. The first kappa shape index (κ1) is 20.9. The van der Waals surface area contributed by atoms with E-state index < -0.39 is 0 Å². The second kappa shape index (κ2) is 9.24. The molecule has 1 aliphatic heterocycles. The van der Waals surface area contributed by atoms with Gasteiger partial charge < -0.3 is 15.0 Å². The molecular weight excluding hydrogens is 414 g/mol. The van der Waals surface area contributed by atoms with E-state index in [2.05, 4.69) is 26.3 Å². The Morgan fingerprint density at radius 2 is 1.91 bits per heavy atom. The van der Waals surface area contributed by atoms with Gasteiger partial charge in [0.15, 0.2) is 0 Å². The molecule has 2 aromatic heterocycles. The Morgan fingerprint density at radius 3 is 2.70 bits per heavy atom. The van der Waals surface area contributed by atoms with Gasteiger partial charge in [0.2, 0.25) is 11.8 Å². The van der Waals surface area contributed by atoms with Gasteiger partial charge in [0.05, 0.1) is 19.0 Å². The topological polar surface area (TPSA) is 80.2 Å². The molecule has 0 bridgehead atoms. The van der Waals surface area contributed by atoms with E-state index in [1.807, 2.05) is 59.5 Å². The standard InChI is InChI=1S/C26H25N5O2/c1-33-24-10-8-20(15-27-24)19-7-9-23-22(14-19)26(29-17-28-23)30-21-11-12-31(16-21)25(32)13-18-5-3-2-4-6-18/h2-10,14-15,17,21H,11-13,16H2,1H3,(H,28,29,30)/t21-/m0/s1. The summed E-state index contributed by atoms with van der Waals surface area (Å²) in [6.45, 7) is 1.41. The van der Waals surface area contributed by atoms with E-state index in [0.29, 0.717) is 18.8 Å². The van der Waals surface area contributed by atoms with Crippen molar-refractivity contribution in [3.05, 3.63) is 78.8 Å². The molecule has 1 aliphatic rings. The molecular formula is C26H25N5O2. The number of hydrogen-bond donors (Lipinski definition) is 1. The number of hydrogen-bond acceptors (Lipinski definition) is 6. The third-order valence-corrected chi connectivity index (χ3v) is 5.99. The van der Waals surface area contributed by atoms with Crippen LogP contribution < -0.4 is 10.1 Å². The maximum absolute atomic E-state index is 12.7. The molecule has 1 amide bonds. The maximum Gasteiger partial charge on any atom is 0.227 e. The van der Waals surface area contributed by atoms with Crippen molar-refractivity contribution in [3.63, 3.8) is 0 Å². The number of methoxy groups -OCH3 is 1. The summed E-state index contributed by atoms with van der Waals surface area (Å²) in [7, 11) is 1.60. The van der Waals surface area contributed by atoms with Crippen molar-refractivity contribution in [2.24, 2.45) is 0 Å². The molecule has 0 radical (unpaired) electrons. The van der Waals surface area contributed by atoms with Crippen LogP contribution in [0.4, 0.5) is 5.82 Å². The van der Waals surface area contributed by atoms with Crippen molar-refractivity contribution in [2.75, 3.05) is 25.5 Å². The molecule has 1 saturated heterocycles. The Labute approximate surface area is 192 Å². The van der Waals surface area contributed by atoms with E-state index in [1.165, 1.54) is 0 Å². The van der Waals surface area contributed by atoms with Crippen LogP contribution in [0.2, 0.25) is 0 Å². The zero-order chi connectivity index (χ0) is 22.6. The van der Waals surface area contributed by atoms with Gasteiger partial charge >= 0.3 is 0 Å². The molecule has 4 aromatic rings. The average Bonchev–Trinajstić information content (AvgIpc) is 3.33. The number of aromatic nitrogens is 3. The summed E-state index contributed by atoms with van der Waals surface area (Å²) in [5.74, 6) is 1.52. The average molecular weight is 440 g/mol. The maximum atomic E-state index is 12.7. The molecule has 7 nitrogen and oxygen atoms in total. The minimum atomic E-state index is 0.147. The van der Waals surface area contributed by atoms with Crippen LogP contribution in [0.15, 0.2) is 73.2 Å². The predicted molar refractivity (Wildman–Crippen MR) is 128 cm³/mol. The van der Waals surface area contributed by atoms with Gasteiger partial charge in [-0.15, -0.1) is 0 Å². The highest BCUT2D eigenvalue weighted by Crippen LogP contribution is 2.28. The van der Waals surface area contributed by atoms with Gasteiger partial charge in [-0.05, 0) is 35.7 Å². The molecule has 3 heterocycles. The number of nitrogens with zero attached hydrogens (tertiary/aromatic N) is 4. The van der Waals surface area contributed by atoms with Crippen molar-refractivity contribution in [1.82, 2.24) is 19.9 Å². The number of carbonyl (C=O) groups excluding carboxylic acids is 1. The van der Waals surface area contributed by atoms with Crippen molar-refractivity contribution < 1.29 is 9.53 Å². The van der Waals surface area contributed by atoms with Gasteiger partial charge in [-0.1, -0.05) is 36.4 Å². The molecule has 5 rings (SSSR count). The first-order valence-corrected chi connectivity index (χ1v) is 11.0. The molecule has 166 valence electrons. The number of rotatable bonds is 6. The van der Waals surface area contributed by atoms with Gasteiger partial charge in [0.1, 0.15) is 12.1 Å². The summed E-state index contributed by atoms with van der Waals surface area (Å²) in [4.78, 5) is 27.9. The first-order valence-electron chi connectivity index (χ1n) is 11.0. The third-order valence-electron chi connectivity index (χ3n) is 5.99. The fourth-order valence-corrected chi connectivity index (χ4v) is 4.20. The van der Waals surface area contributed by atoms with Gasteiger partial charge in [0.25, 0.3) is 0 Å². The van der Waals surface area contributed by atoms with Gasteiger partial charge in [-0.3, -0.25) is 4.79 Å². The number of nitrogens with one attached hydrogen (secondary N) is 1. The molecule has 0 spiro atoms. The van der Waals surface area contributed by atoms with Crippen LogP contribution in [0.3, 0.4) is 0 Å². The first-order chi connectivity index (χ1) is 16.2. The molecule has 2 aromatic carbocycles. The minimum absolute atomic E-state index is 0.147. The molecule has 0 saturated carbocycles. The number of fused-ring (bicyclic) bond motifs is 1. The zero-order valence-electron chi connectivity index (χ0n) is 18.4. The van der Waals surface area contributed by atoms with Crippen LogP contribution in [-0.2, 0) is 11.2 Å². The van der Waals surface area contributed by atoms with Crippen LogP contribution >= 0.6 is 0 Å². The lowest BCUT2D eigenvalue weighted by Crippen LogP contribution is -2.32. The second-order valence-corrected chi connectivity index (χ2v) is 8.18. The summed E-state index contributed by atoms with van der Waals surface area (Å²) >= 11 is 0. The predicted octanol–water partition coefficient (Wildman–Crippen LogP) is 3.96. The quantitative estimate of drug-likeness (QED) is 0.490. The monoisotopic (exact) mass is 439 g/mol. The number of ether oxygens (including phenoxy) is 1. The van der Waals surface area contributed by atoms with E-state index >= 15 is 0 Å². The highest BCUT2D eigenvalue weighted by molar-refractivity contribution is 5.92. The number of benzene rings is 2. The van der Waals surface area contributed by atoms with Crippen molar-refractivity contribution in [2.45, 2.75) is 18.9 Å². The van der Waals surface area contributed by atoms with Crippen LogP contribution in [0.1, 0.15) is 12.0 Å². The number of carbonyl (C=O) groups is 1. The summed E-state index contributed by atoms with van der Waals surface area (Å²) < 4.78 is 5.16. The summed E-state index contributed by atoms with van der Waals surface area (Å²) in [5, 5.41) is 4.49.